The maximum absolute atomic E-state index is 13.2. The Morgan fingerprint density at radius 2 is 1.83 bits per heavy atom. The molecular formula is C13H13ClFN3. The molecule has 0 saturated heterocycles. The summed E-state index contributed by atoms with van der Waals surface area (Å²) < 4.78 is 13.2. The van der Waals surface area contributed by atoms with Crippen molar-refractivity contribution in [2.75, 3.05) is 5.32 Å². The van der Waals surface area contributed by atoms with Crippen LogP contribution in [0.4, 0.5) is 15.9 Å². The molecule has 18 heavy (non-hydrogen) atoms. The summed E-state index contributed by atoms with van der Waals surface area (Å²) in [6.45, 7) is 5.66. The molecule has 1 aromatic heterocycles. The van der Waals surface area contributed by atoms with E-state index < -0.39 is 0 Å². The Labute approximate surface area is 110 Å². The van der Waals surface area contributed by atoms with Gasteiger partial charge in [-0.2, -0.15) is 0 Å². The van der Waals surface area contributed by atoms with Crippen LogP contribution in [0.1, 0.15) is 16.7 Å². The van der Waals surface area contributed by atoms with Crippen LogP contribution in [0.2, 0.25) is 5.15 Å². The third kappa shape index (κ3) is 2.43. The minimum atomic E-state index is -0.292. The van der Waals surface area contributed by atoms with Crippen molar-refractivity contribution in [3.05, 3.63) is 45.9 Å². The van der Waals surface area contributed by atoms with E-state index in [2.05, 4.69) is 15.5 Å². The molecule has 2 rings (SSSR count). The standard InChI is InChI=1S/C13H13ClFN3/c1-7-4-5-10(15)6-11(7)16-13-9(3)8(2)12(14)17-18-13/h4-6H,1-3H3,(H,16,18). The molecule has 0 radical (unpaired) electrons. The van der Waals surface area contributed by atoms with E-state index in [1.807, 2.05) is 20.8 Å². The van der Waals surface area contributed by atoms with Crippen LogP contribution in [-0.2, 0) is 0 Å². The van der Waals surface area contributed by atoms with Crippen LogP contribution < -0.4 is 5.32 Å². The van der Waals surface area contributed by atoms with Crippen LogP contribution >= 0.6 is 11.6 Å². The van der Waals surface area contributed by atoms with Gasteiger partial charge in [-0.3, -0.25) is 0 Å². The highest BCUT2D eigenvalue weighted by Crippen LogP contribution is 2.25. The SMILES string of the molecule is Cc1ccc(F)cc1Nc1nnc(Cl)c(C)c1C. The lowest BCUT2D eigenvalue weighted by molar-refractivity contribution is 0.628. The first-order valence-electron chi connectivity index (χ1n) is 5.51. The topological polar surface area (TPSA) is 37.8 Å². The molecule has 0 saturated carbocycles. The lowest BCUT2D eigenvalue weighted by Crippen LogP contribution is -2.02. The third-order valence-electron chi connectivity index (χ3n) is 2.92. The summed E-state index contributed by atoms with van der Waals surface area (Å²) in [5, 5.41) is 11.3. The Hall–Kier alpha value is -1.68. The molecule has 0 fully saturated rings. The highest BCUT2D eigenvalue weighted by Gasteiger charge is 2.09. The maximum atomic E-state index is 13.2. The second kappa shape index (κ2) is 4.90. The minimum absolute atomic E-state index is 0.292. The van der Waals surface area contributed by atoms with Gasteiger partial charge in [0.05, 0.1) is 0 Å². The smallest absolute Gasteiger partial charge is 0.156 e. The number of benzene rings is 1. The molecule has 0 unspecified atom stereocenters. The number of nitrogens with zero attached hydrogens (tertiary/aromatic N) is 2. The zero-order valence-corrected chi connectivity index (χ0v) is 11.1. The largest absolute Gasteiger partial charge is 0.338 e. The highest BCUT2D eigenvalue weighted by atomic mass is 35.5. The van der Waals surface area contributed by atoms with Crippen molar-refractivity contribution in [2.45, 2.75) is 20.8 Å². The average Bonchev–Trinajstić information content (AvgIpc) is 2.34. The zero-order valence-electron chi connectivity index (χ0n) is 10.4. The van der Waals surface area contributed by atoms with E-state index in [0.717, 1.165) is 16.7 Å². The van der Waals surface area contributed by atoms with Crippen LogP contribution in [0, 0.1) is 26.6 Å². The minimum Gasteiger partial charge on any atom is -0.338 e. The number of hydrogen-bond donors (Lipinski definition) is 1. The molecule has 1 N–H and O–H groups in total. The van der Waals surface area contributed by atoms with E-state index in [1.54, 1.807) is 6.07 Å². The Morgan fingerprint density at radius 3 is 2.56 bits per heavy atom. The zero-order chi connectivity index (χ0) is 13.3. The summed E-state index contributed by atoms with van der Waals surface area (Å²) >= 11 is 5.88. The van der Waals surface area contributed by atoms with Gasteiger partial charge in [-0.1, -0.05) is 17.7 Å². The van der Waals surface area contributed by atoms with E-state index in [1.165, 1.54) is 12.1 Å². The van der Waals surface area contributed by atoms with E-state index >= 15 is 0 Å². The molecule has 0 bridgehead atoms. The van der Waals surface area contributed by atoms with Gasteiger partial charge in [0, 0.05) is 5.69 Å². The van der Waals surface area contributed by atoms with Crippen LogP contribution in [0.15, 0.2) is 18.2 Å². The molecule has 0 amide bonds. The van der Waals surface area contributed by atoms with Crippen LogP contribution in [0.3, 0.4) is 0 Å². The molecule has 94 valence electrons. The van der Waals surface area contributed by atoms with Gasteiger partial charge >= 0.3 is 0 Å². The number of nitrogens with one attached hydrogen (secondary N) is 1. The lowest BCUT2D eigenvalue weighted by atomic mass is 10.1. The molecule has 1 aromatic carbocycles. The molecule has 0 spiro atoms. The Balaban J connectivity index is 2.40. The predicted molar refractivity (Wildman–Crippen MR) is 70.9 cm³/mol. The van der Waals surface area contributed by atoms with E-state index in [0.29, 0.717) is 16.7 Å². The normalized spacial score (nSPS) is 10.5. The Kier molecular flexibility index (Phi) is 3.48. The van der Waals surface area contributed by atoms with E-state index in [9.17, 15) is 4.39 Å². The molecule has 0 aliphatic rings. The number of aromatic nitrogens is 2. The molecule has 5 heteroatoms. The molecule has 0 aliphatic heterocycles. The fourth-order valence-electron chi connectivity index (χ4n) is 1.55. The van der Waals surface area contributed by atoms with Crippen molar-refractivity contribution < 1.29 is 4.39 Å². The van der Waals surface area contributed by atoms with Crippen molar-refractivity contribution in [1.82, 2.24) is 10.2 Å². The van der Waals surface area contributed by atoms with E-state index in [-0.39, 0.29) is 5.82 Å². The van der Waals surface area contributed by atoms with Crippen molar-refractivity contribution in [3.63, 3.8) is 0 Å². The first kappa shape index (κ1) is 12.8. The summed E-state index contributed by atoms with van der Waals surface area (Å²) in [5.74, 6) is 0.296. The first-order valence-corrected chi connectivity index (χ1v) is 5.89. The average molecular weight is 266 g/mol. The Bertz CT molecular complexity index is 599. The van der Waals surface area contributed by atoms with Crippen LogP contribution in [-0.4, -0.2) is 10.2 Å². The van der Waals surface area contributed by atoms with Gasteiger partial charge in [-0.15, -0.1) is 10.2 Å². The summed E-state index contributed by atoms with van der Waals surface area (Å²) in [5.41, 5.74) is 3.38. The molecule has 1 heterocycles. The number of hydrogen-bond acceptors (Lipinski definition) is 3. The van der Waals surface area contributed by atoms with Gasteiger partial charge in [-0.25, -0.2) is 4.39 Å². The predicted octanol–water partition coefficient (Wildman–Crippen LogP) is 3.94. The summed E-state index contributed by atoms with van der Waals surface area (Å²) in [6.07, 6.45) is 0. The maximum Gasteiger partial charge on any atom is 0.156 e. The third-order valence-corrected chi connectivity index (χ3v) is 3.28. The second-order valence-corrected chi connectivity index (χ2v) is 4.53. The number of rotatable bonds is 2. The fourth-order valence-corrected chi connectivity index (χ4v) is 1.73. The second-order valence-electron chi connectivity index (χ2n) is 4.17. The van der Waals surface area contributed by atoms with Gasteiger partial charge in [0.25, 0.3) is 0 Å². The monoisotopic (exact) mass is 265 g/mol. The van der Waals surface area contributed by atoms with Crippen molar-refractivity contribution in [2.24, 2.45) is 0 Å². The summed E-state index contributed by atoms with van der Waals surface area (Å²) in [4.78, 5) is 0. The first-order chi connectivity index (χ1) is 8.49. The van der Waals surface area contributed by atoms with Crippen molar-refractivity contribution in [3.8, 4) is 0 Å². The molecule has 3 nitrogen and oxygen atoms in total. The fraction of sp³-hybridized carbons (Fsp3) is 0.231. The quantitative estimate of drug-likeness (QED) is 0.894. The van der Waals surface area contributed by atoms with Gasteiger partial charge in [0.15, 0.2) is 11.0 Å². The number of halogens is 2. The van der Waals surface area contributed by atoms with Gasteiger partial charge < -0.3 is 5.32 Å². The highest BCUT2D eigenvalue weighted by molar-refractivity contribution is 6.30. The van der Waals surface area contributed by atoms with Crippen molar-refractivity contribution >= 4 is 23.1 Å². The molecule has 0 atom stereocenters. The van der Waals surface area contributed by atoms with Gasteiger partial charge in [-0.05, 0) is 49.6 Å². The summed E-state index contributed by atoms with van der Waals surface area (Å²) in [6, 6.07) is 4.57. The van der Waals surface area contributed by atoms with Gasteiger partial charge in [0.2, 0.25) is 0 Å². The summed E-state index contributed by atoms with van der Waals surface area (Å²) in [7, 11) is 0. The van der Waals surface area contributed by atoms with Crippen molar-refractivity contribution in [1.29, 1.82) is 0 Å². The van der Waals surface area contributed by atoms with Crippen LogP contribution in [0.5, 0.6) is 0 Å². The lowest BCUT2D eigenvalue weighted by Gasteiger charge is -2.12. The molecule has 2 aromatic rings. The number of anilines is 2. The van der Waals surface area contributed by atoms with Crippen LogP contribution in [0.25, 0.3) is 0 Å². The number of aryl methyl sites for hydroxylation is 1. The molecular weight excluding hydrogens is 253 g/mol. The van der Waals surface area contributed by atoms with Gasteiger partial charge in [0.1, 0.15) is 5.82 Å². The Morgan fingerprint density at radius 1 is 1.11 bits per heavy atom. The molecule has 0 aliphatic carbocycles. The van der Waals surface area contributed by atoms with E-state index in [4.69, 9.17) is 11.6 Å².